The fourth-order valence-corrected chi connectivity index (χ4v) is 5.00. The van der Waals surface area contributed by atoms with Crippen LogP contribution >= 0.6 is 0 Å². The van der Waals surface area contributed by atoms with Crippen molar-refractivity contribution in [3.05, 3.63) is 36.2 Å². The number of hydrogen-bond donors (Lipinski definition) is 0. The zero-order valence-corrected chi connectivity index (χ0v) is 14.0. The summed E-state index contributed by atoms with van der Waals surface area (Å²) in [7, 11) is 1.76. The fourth-order valence-electron chi connectivity index (χ4n) is 5.00. The number of hydrogen-bond acceptors (Lipinski definition) is 3. The summed E-state index contributed by atoms with van der Waals surface area (Å²) in [5, 5.41) is 4.18. The van der Waals surface area contributed by atoms with Crippen LogP contribution in [0.1, 0.15) is 30.6 Å². The van der Waals surface area contributed by atoms with Gasteiger partial charge in [-0.3, -0.25) is 4.79 Å². The Morgan fingerprint density at radius 3 is 3.00 bits per heavy atom. The molecule has 1 saturated carbocycles. The number of carbonyl (C=O) groups is 1. The Labute approximate surface area is 136 Å². The third-order valence-corrected chi connectivity index (χ3v) is 5.76. The van der Waals surface area contributed by atoms with Gasteiger partial charge in [0.2, 0.25) is 0 Å². The van der Waals surface area contributed by atoms with Gasteiger partial charge >= 0.3 is 0 Å². The van der Waals surface area contributed by atoms with Crippen LogP contribution < -0.4 is 0 Å². The SMILES string of the molecule is COC[C@@]12CN(C(=O)c3ccn4nccc4c3)C[C@@H]1C(C)(C)C2. The van der Waals surface area contributed by atoms with Gasteiger partial charge in [-0.25, -0.2) is 4.52 Å². The molecule has 23 heavy (non-hydrogen) atoms. The van der Waals surface area contributed by atoms with E-state index in [-0.39, 0.29) is 11.3 Å². The smallest absolute Gasteiger partial charge is 0.254 e. The van der Waals surface area contributed by atoms with Crippen molar-refractivity contribution in [3.63, 3.8) is 0 Å². The van der Waals surface area contributed by atoms with E-state index in [1.807, 2.05) is 29.3 Å². The Bertz CT molecular complexity index is 766. The highest BCUT2D eigenvalue weighted by atomic mass is 16.5. The minimum atomic E-state index is 0.120. The van der Waals surface area contributed by atoms with Crippen molar-refractivity contribution < 1.29 is 9.53 Å². The molecule has 0 unspecified atom stereocenters. The van der Waals surface area contributed by atoms with Crippen molar-refractivity contribution in [1.29, 1.82) is 0 Å². The normalized spacial score (nSPS) is 28.7. The van der Waals surface area contributed by atoms with E-state index < -0.39 is 0 Å². The Balaban J connectivity index is 1.60. The van der Waals surface area contributed by atoms with Crippen molar-refractivity contribution in [1.82, 2.24) is 14.5 Å². The molecule has 0 bridgehead atoms. The first-order chi connectivity index (χ1) is 11.0. The van der Waals surface area contributed by atoms with Crippen LogP contribution in [0.15, 0.2) is 30.6 Å². The van der Waals surface area contributed by atoms with Crippen molar-refractivity contribution >= 4 is 11.4 Å². The van der Waals surface area contributed by atoms with Gasteiger partial charge < -0.3 is 9.64 Å². The maximum absolute atomic E-state index is 12.9. The van der Waals surface area contributed by atoms with Gasteiger partial charge in [-0.2, -0.15) is 5.10 Å². The third-order valence-electron chi connectivity index (χ3n) is 5.76. The minimum absolute atomic E-state index is 0.120. The lowest BCUT2D eigenvalue weighted by Gasteiger charge is -2.56. The van der Waals surface area contributed by atoms with E-state index in [1.165, 1.54) is 0 Å². The zero-order chi connectivity index (χ0) is 16.2. The van der Waals surface area contributed by atoms with E-state index >= 15 is 0 Å². The molecule has 1 saturated heterocycles. The van der Waals surface area contributed by atoms with Crippen molar-refractivity contribution in [2.75, 3.05) is 26.8 Å². The van der Waals surface area contributed by atoms with Crippen LogP contribution in [0, 0.1) is 16.7 Å². The predicted octanol–water partition coefficient (Wildman–Crippen LogP) is 2.47. The summed E-state index contributed by atoms with van der Waals surface area (Å²) in [6, 6.07) is 5.69. The first-order valence-electron chi connectivity index (χ1n) is 8.17. The van der Waals surface area contributed by atoms with Crippen molar-refractivity contribution in [2.24, 2.45) is 16.7 Å². The van der Waals surface area contributed by atoms with Crippen LogP contribution in [-0.4, -0.2) is 47.2 Å². The Kier molecular flexibility index (Phi) is 3.07. The molecule has 3 heterocycles. The summed E-state index contributed by atoms with van der Waals surface area (Å²) < 4.78 is 7.25. The van der Waals surface area contributed by atoms with E-state index in [0.717, 1.165) is 37.2 Å². The van der Waals surface area contributed by atoms with Gasteiger partial charge in [0, 0.05) is 43.6 Å². The molecule has 1 aliphatic carbocycles. The summed E-state index contributed by atoms with van der Waals surface area (Å²) >= 11 is 0. The number of carbonyl (C=O) groups excluding carboxylic acids is 1. The number of aromatic nitrogens is 2. The highest BCUT2D eigenvalue weighted by Gasteiger charge is 2.63. The lowest BCUT2D eigenvalue weighted by Crippen LogP contribution is -2.55. The zero-order valence-electron chi connectivity index (χ0n) is 14.0. The molecular formula is C18H23N3O2. The number of fused-ring (bicyclic) bond motifs is 2. The van der Waals surface area contributed by atoms with Crippen LogP contribution in [0.4, 0.5) is 0 Å². The van der Waals surface area contributed by atoms with E-state index in [9.17, 15) is 4.79 Å². The van der Waals surface area contributed by atoms with Crippen LogP contribution in [-0.2, 0) is 4.74 Å². The van der Waals surface area contributed by atoms with Crippen LogP contribution in [0.2, 0.25) is 0 Å². The Morgan fingerprint density at radius 2 is 2.26 bits per heavy atom. The summed E-state index contributed by atoms with van der Waals surface area (Å²) in [6.45, 7) is 6.99. The van der Waals surface area contributed by atoms with Crippen molar-refractivity contribution in [3.8, 4) is 0 Å². The van der Waals surface area contributed by atoms with Crippen LogP contribution in [0.3, 0.4) is 0 Å². The number of methoxy groups -OCH3 is 1. The predicted molar refractivity (Wildman–Crippen MR) is 87.3 cm³/mol. The maximum Gasteiger partial charge on any atom is 0.254 e. The van der Waals surface area contributed by atoms with Gasteiger partial charge in [-0.1, -0.05) is 13.8 Å². The Morgan fingerprint density at radius 1 is 1.43 bits per heavy atom. The molecule has 4 rings (SSSR count). The molecule has 2 aromatic rings. The van der Waals surface area contributed by atoms with Crippen molar-refractivity contribution in [2.45, 2.75) is 20.3 Å². The van der Waals surface area contributed by atoms with Gasteiger partial charge in [0.05, 0.1) is 12.1 Å². The summed E-state index contributed by atoms with van der Waals surface area (Å²) in [5.74, 6) is 0.645. The van der Waals surface area contributed by atoms with Gasteiger partial charge in [0.15, 0.2) is 0 Å². The van der Waals surface area contributed by atoms with Gasteiger partial charge in [-0.05, 0) is 36.0 Å². The molecule has 0 aromatic carbocycles. The number of pyridine rings is 1. The molecular weight excluding hydrogens is 290 g/mol. The topological polar surface area (TPSA) is 46.8 Å². The first-order valence-corrected chi connectivity index (χ1v) is 8.17. The number of rotatable bonds is 3. The van der Waals surface area contributed by atoms with Gasteiger partial charge in [-0.15, -0.1) is 0 Å². The molecule has 5 nitrogen and oxygen atoms in total. The molecule has 1 aliphatic heterocycles. The molecule has 2 fully saturated rings. The largest absolute Gasteiger partial charge is 0.384 e. The lowest BCUT2D eigenvalue weighted by atomic mass is 9.48. The number of likely N-dealkylation sites (tertiary alicyclic amines) is 1. The third kappa shape index (κ3) is 2.10. The summed E-state index contributed by atoms with van der Waals surface area (Å²) in [4.78, 5) is 15.0. The molecule has 5 heteroatoms. The highest BCUT2D eigenvalue weighted by Crippen LogP contribution is 2.62. The second kappa shape index (κ2) is 4.81. The second-order valence-electron chi connectivity index (χ2n) is 7.82. The molecule has 122 valence electrons. The fraction of sp³-hybridized carbons (Fsp3) is 0.556. The standard InChI is InChI=1S/C18H23N3O2/c1-17(2)10-18(12-23-3)11-20(9-15(17)18)16(22)13-5-7-21-14(8-13)4-6-19-21/h4-8,15H,9-12H2,1-3H3/t15-,18-/m1/s1. The summed E-state index contributed by atoms with van der Waals surface area (Å²) in [6.07, 6.45) is 4.72. The molecule has 2 atom stereocenters. The maximum atomic E-state index is 12.9. The van der Waals surface area contributed by atoms with Gasteiger partial charge in [0.25, 0.3) is 5.91 Å². The molecule has 2 aromatic heterocycles. The monoisotopic (exact) mass is 313 g/mol. The van der Waals surface area contributed by atoms with Crippen LogP contribution in [0.5, 0.6) is 0 Å². The van der Waals surface area contributed by atoms with E-state index in [4.69, 9.17) is 4.74 Å². The average Bonchev–Trinajstić information content (AvgIpc) is 3.08. The molecule has 0 radical (unpaired) electrons. The minimum Gasteiger partial charge on any atom is -0.384 e. The molecule has 0 N–H and O–H groups in total. The quantitative estimate of drug-likeness (QED) is 0.874. The first kappa shape index (κ1) is 14.7. The number of nitrogens with zero attached hydrogens (tertiary/aromatic N) is 3. The summed E-state index contributed by atoms with van der Waals surface area (Å²) in [5.41, 5.74) is 2.13. The highest BCUT2D eigenvalue weighted by molar-refractivity contribution is 5.95. The lowest BCUT2D eigenvalue weighted by molar-refractivity contribution is -0.107. The van der Waals surface area contributed by atoms with E-state index in [2.05, 4.69) is 18.9 Å². The molecule has 0 spiro atoms. The number of ether oxygens (including phenoxy) is 1. The average molecular weight is 313 g/mol. The Hall–Kier alpha value is -1.88. The molecule has 2 aliphatic rings. The van der Waals surface area contributed by atoms with Gasteiger partial charge in [0.1, 0.15) is 0 Å². The van der Waals surface area contributed by atoms with Crippen LogP contribution in [0.25, 0.3) is 5.52 Å². The number of amides is 1. The molecule has 1 amide bonds. The van der Waals surface area contributed by atoms with E-state index in [0.29, 0.717) is 11.3 Å². The van der Waals surface area contributed by atoms with E-state index in [1.54, 1.807) is 17.8 Å². The second-order valence-corrected chi connectivity index (χ2v) is 7.82.